The van der Waals surface area contributed by atoms with Gasteiger partial charge in [-0.3, -0.25) is 9.78 Å². The van der Waals surface area contributed by atoms with Crippen LogP contribution in [0.4, 0.5) is 0 Å². The van der Waals surface area contributed by atoms with E-state index in [4.69, 9.17) is 0 Å². The van der Waals surface area contributed by atoms with Gasteiger partial charge in [0, 0.05) is 24.5 Å². The number of rotatable bonds is 4. The van der Waals surface area contributed by atoms with Crippen molar-refractivity contribution in [3.8, 4) is 11.4 Å². The number of pyridine rings is 1. The van der Waals surface area contributed by atoms with Gasteiger partial charge in [-0.2, -0.15) is 5.10 Å². The van der Waals surface area contributed by atoms with Crippen molar-refractivity contribution < 1.29 is 4.79 Å². The molecule has 128 valence electrons. The molecule has 0 aliphatic carbocycles. The lowest BCUT2D eigenvalue weighted by Gasteiger charge is -2.06. The van der Waals surface area contributed by atoms with E-state index in [2.05, 4.69) is 20.4 Å². The summed E-state index contributed by atoms with van der Waals surface area (Å²) in [4.78, 5) is 21.2. The topological polar surface area (TPSA) is 72.2 Å². The molecule has 26 heavy (non-hydrogen) atoms. The second kappa shape index (κ2) is 6.76. The Balaban J connectivity index is 1.61. The highest BCUT2D eigenvalue weighted by Gasteiger charge is 2.13. The highest BCUT2D eigenvalue weighted by Crippen LogP contribution is 2.18. The lowest BCUT2D eigenvalue weighted by Crippen LogP contribution is -2.24. The molecule has 0 saturated carbocycles. The first-order valence-corrected chi connectivity index (χ1v) is 8.32. The van der Waals surface area contributed by atoms with Crippen LogP contribution in [-0.2, 0) is 6.54 Å². The van der Waals surface area contributed by atoms with Crippen LogP contribution in [0.2, 0.25) is 0 Å². The van der Waals surface area contributed by atoms with Crippen molar-refractivity contribution in [3.05, 3.63) is 83.8 Å². The van der Waals surface area contributed by atoms with E-state index in [-0.39, 0.29) is 5.91 Å². The van der Waals surface area contributed by atoms with Crippen molar-refractivity contribution in [2.24, 2.45) is 0 Å². The highest BCUT2D eigenvalue weighted by molar-refractivity contribution is 5.92. The molecule has 0 radical (unpaired) electrons. The fourth-order valence-electron chi connectivity index (χ4n) is 2.75. The van der Waals surface area contributed by atoms with Crippen molar-refractivity contribution in [1.82, 2.24) is 24.9 Å². The van der Waals surface area contributed by atoms with Crippen LogP contribution < -0.4 is 5.32 Å². The van der Waals surface area contributed by atoms with Crippen LogP contribution in [0.1, 0.15) is 21.7 Å². The molecule has 0 unspecified atom stereocenters. The molecule has 4 aromatic rings. The van der Waals surface area contributed by atoms with E-state index in [9.17, 15) is 4.79 Å². The normalized spacial score (nSPS) is 10.8. The Morgan fingerprint density at radius 3 is 2.62 bits per heavy atom. The molecule has 4 rings (SSSR count). The third-order valence-corrected chi connectivity index (χ3v) is 4.06. The molecule has 1 amide bonds. The molecule has 0 saturated heterocycles. The summed E-state index contributed by atoms with van der Waals surface area (Å²) in [7, 11) is 0. The third-order valence-electron chi connectivity index (χ3n) is 4.06. The number of hydrogen-bond donors (Lipinski definition) is 1. The van der Waals surface area contributed by atoms with Crippen molar-refractivity contribution in [2.45, 2.75) is 13.5 Å². The quantitative estimate of drug-likeness (QED) is 0.618. The van der Waals surface area contributed by atoms with Crippen molar-refractivity contribution in [3.63, 3.8) is 0 Å². The Morgan fingerprint density at radius 2 is 1.85 bits per heavy atom. The van der Waals surface area contributed by atoms with E-state index in [0.29, 0.717) is 17.9 Å². The van der Waals surface area contributed by atoms with Gasteiger partial charge in [-0.05, 0) is 30.7 Å². The van der Waals surface area contributed by atoms with Crippen LogP contribution in [0.15, 0.2) is 66.9 Å². The smallest absolute Gasteiger partial charge is 0.270 e. The first-order valence-electron chi connectivity index (χ1n) is 8.32. The lowest BCUT2D eigenvalue weighted by molar-refractivity contribution is 0.0946. The molecular weight excluding hydrogens is 326 g/mol. The Hall–Kier alpha value is -3.54. The van der Waals surface area contributed by atoms with E-state index in [1.54, 1.807) is 16.8 Å². The van der Waals surface area contributed by atoms with E-state index in [1.807, 2.05) is 61.5 Å². The highest BCUT2D eigenvalue weighted by atomic mass is 16.1. The predicted molar refractivity (Wildman–Crippen MR) is 98.6 cm³/mol. The lowest BCUT2D eigenvalue weighted by atomic mass is 10.2. The zero-order chi connectivity index (χ0) is 17.9. The second-order valence-electron chi connectivity index (χ2n) is 5.97. The Morgan fingerprint density at radius 1 is 1.04 bits per heavy atom. The number of nitrogens with zero attached hydrogens (tertiary/aromatic N) is 4. The number of benzene rings is 1. The van der Waals surface area contributed by atoms with Crippen LogP contribution in [0.5, 0.6) is 0 Å². The summed E-state index contributed by atoms with van der Waals surface area (Å²) >= 11 is 0. The van der Waals surface area contributed by atoms with Gasteiger partial charge >= 0.3 is 0 Å². The molecule has 0 bridgehead atoms. The standard InChI is InChI=1S/C20H17N5O/c1-14-11-18(20(26)22-13-15-7-3-2-4-8-15)23-19-12-17(24-25(14)19)16-9-5-6-10-21-16/h2-12H,13H2,1H3,(H,22,26). The summed E-state index contributed by atoms with van der Waals surface area (Å²) in [5, 5.41) is 7.44. The number of carbonyl (C=O) groups excluding carboxylic acids is 1. The van der Waals surface area contributed by atoms with Crippen LogP contribution in [0.3, 0.4) is 0 Å². The van der Waals surface area contributed by atoms with Gasteiger partial charge in [0.1, 0.15) is 11.4 Å². The zero-order valence-electron chi connectivity index (χ0n) is 14.3. The van der Waals surface area contributed by atoms with Gasteiger partial charge in [-0.25, -0.2) is 9.50 Å². The van der Waals surface area contributed by atoms with E-state index < -0.39 is 0 Å². The Kier molecular flexibility index (Phi) is 4.15. The molecule has 0 aliphatic heterocycles. The minimum absolute atomic E-state index is 0.208. The fraction of sp³-hybridized carbons (Fsp3) is 0.100. The first kappa shape index (κ1) is 16.0. The van der Waals surface area contributed by atoms with Crippen LogP contribution in [-0.4, -0.2) is 25.5 Å². The number of amides is 1. The number of aryl methyl sites for hydroxylation is 1. The van der Waals surface area contributed by atoms with Gasteiger partial charge < -0.3 is 5.32 Å². The summed E-state index contributed by atoms with van der Waals surface area (Å²) in [5.74, 6) is -0.208. The summed E-state index contributed by atoms with van der Waals surface area (Å²) in [5.41, 5.74) is 4.37. The summed E-state index contributed by atoms with van der Waals surface area (Å²) < 4.78 is 1.72. The molecule has 1 aromatic carbocycles. The minimum atomic E-state index is -0.208. The van der Waals surface area contributed by atoms with Crippen LogP contribution in [0.25, 0.3) is 17.0 Å². The monoisotopic (exact) mass is 343 g/mol. The van der Waals surface area contributed by atoms with E-state index >= 15 is 0 Å². The van der Waals surface area contributed by atoms with Gasteiger partial charge in [0.2, 0.25) is 0 Å². The molecule has 6 heteroatoms. The van der Waals surface area contributed by atoms with Gasteiger partial charge in [0.15, 0.2) is 5.65 Å². The molecule has 0 atom stereocenters. The fourth-order valence-corrected chi connectivity index (χ4v) is 2.75. The minimum Gasteiger partial charge on any atom is -0.347 e. The average Bonchev–Trinajstić information content (AvgIpc) is 3.12. The molecule has 0 aliphatic rings. The zero-order valence-corrected chi connectivity index (χ0v) is 14.3. The predicted octanol–water partition coefficient (Wildman–Crippen LogP) is 3.03. The second-order valence-corrected chi connectivity index (χ2v) is 5.97. The molecular formula is C20H17N5O. The maximum absolute atomic E-state index is 12.5. The van der Waals surface area contributed by atoms with E-state index in [0.717, 1.165) is 22.6 Å². The maximum atomic E-state index is 12.5. The van der Waals surface area contributed by atoms with Gasteiger partial charge in [-0.15, -0.1) is 0 Å². The Bertz CT molecular complexity index is 1060. The number of nitrogens with one attached hydrogen (secondary N) is 1. The van der Waals surface area contributed by atoms with Gasteiger partial charge in [0.05, 0.1) is 5.69 Å². The number of carbonyl (C=O) groups is 1. The summed E-state index contributed by atoms with van der Waals surface area (Å²) in [6, 6.07) is 19.0. The van der Waals surface area contributed by atoms with E-state index in [1.165, 1.54) is 0 Å². The molecule has 0 fully saturated rings. The Labute approximate surface area is 150 Å². The van der Waals surface area contributed by atoms with Gasteiger partial charge in [0.25, 0.3) is 5.91 Å². The first-order chi connectivity index (χ1) is 12.7. The molecule has 3 heterocycles. The van der Waals surface area contributed by atoms with Crippen molar-refractivity contribution >= 4 is 11.6 Å². The van der Waals surface area contributed by atoms with Crippen LogP contribution >= 0.6 is 0 Å². The third kappa shape index (κ3) is 3.17. The number of hydrogen-bond acceptors (Lipinski definition) is 4. The summed E-state index contributed by atoms with van der Waals surface area (Å²) in [6.45, 7) is 2.36. The average molecular weight is 343 g/mol. The largest absolute Gasteiger partial charge is 0.347 e. The maximum Gasteiger partial charge on any atom is 0.270 e. The molecule has 1 N–H and O–H groups in total. The molecule has 0 spiro atoms. The molecule has 3 aromatic heterocycles. The van der Waals surface area contributed by atoms with Gasteiger partial charge in [-0.1, -0.05) is 36.4 Å². The number of aromatic nitrogens is 4. The van der Waals surface area contributed by atoms with Crippen molar-refractivity contribution in [1.29, 1.82) is 0 Å². The number of fused-ring (bicyclic) bond motifs is 1. The SMILES string of the molecule is Cc1cc(C(=O)NCc2ccccc2)nc2cc(-c3ccccn3)nn12. The van der Waals surface area contributed by atoms with Crippen LogP contribution in [0, 0.1) is 6.92 Å². The summed E-state index contributed by atoms with van der Waals surface area (Å²) in [6.07, 6.45) is 1.72. The van der Waals surface area contributed by atoms with Crippen molar-refractivity contribution in [2.75, 3.05) is 0 Å². The molecule has 6 nitrogen and oxygen atoms in total.